The number of nitrogens with zero attached hydrogens (tertiary/aromatic N) is 3. The van der Waals surface area contributed by atoms with Crippen LogP contribution in [0.4, 0.5) is 11.8 Å². The molecule has 232 valence electrons. The van der Waals surface area contributed by atoms with E-state index in [1.807, 2.05) is 25.7 Å². The van der Waals surface area contributed by atoms with Crippen LogP contribution in [-0.2, 0) is 19.1 Å². The van der Waals surface area contributed by atoms with E-state index in [4.69, 9.17) is 4.74 Å². The van der Waals surface area contributed by atoms with E-state index in [9.17, 15) is 24.3 Å². The van der Waals surface area contributed by atoms with E-state index in [1.165, 1.54) is 6.20 Å². The van der Waals surface area contributed by atoms with E-state index in [0.717, 1.165) is 25.9 Å². The number of ether oxygens (including phenoxy) is 1. The van der Waals surface area contributed by atoms with Crippen molar-refractivity contribution in [3.63, 3.8) is 0 Å². The zero-order chi connectivity index (χ0) is 30.9. The number of anilines is 2. The number of piperazine rings is 1. The lowest BCUT2D eigenvalue weighted by atomic mass is 9.44. The second-order valence-corrected chi connectivity index (χ2v) is 14.0. The molecule has 6 rings (SSSR count). The molecule has 3 saturated carbocycles. The molecule has 4 fully saturated rings. The summed E-state index contributed by atoms with van der Waals surface area (Å²) in [5.74, 6) is -4.13. The van der Waals surface area contributed by atoms with Gasteiger partial charge < -0.3 is 25.4 Å². The van der Waals surface area contributed by atoms with Crippen molar-refractivity contribution >= 4 is 35.2 Å². The molecule has 43 heavy (non-hydrogen) atoms. The topological polar surface area (TPSA) is 151 Å². The number of hydrogen-bond acceptors (Lipinski definition) is 10. The molecule has 9 atom stereocenters. The molecule has 5 aliphatic rings. The summed E-state index contributed by atoms with van der Waals surface area (Å²) in [4.78, 5) is 65.2. The van der Waals surface area contributed by atoms with Gasteiger partial charge in [0.25, 0.3) is 0 Å². The number of fused-ring (bicyclic) bond motifs is 1. The second-order valence-electron chi connectivity index (χ2n) is 14.0. The Bertz CT molecular complexity index is 1380. The molecule has 3 N–H and O–H groups in total. The molecule has 0 radical (unpaired) electrons. The minimum atomic E-state index is -1.73. The van der Waals surface area contributed by atoms with Gasteiger partial charge in [-0.05, 0) is 42.9 Å². The number of ketones is 2. The van der Waals surface area contributed by atoms with Crippen LogP contribution in [0.15, 0.2) is 18.9 Å². The van der Waals surface area contributed by atoms with Crippen molar-refractivity contribution in [3.8, 4) is 0 Å². The van der Waals surface area contributed by atoms with Gasteiger partial charge in [-0.1, -0.05) is 33.8 Å². The number of carbonyl (C=O) groups is 4. The van der Waals surface area contributed by atoms with Crippen LogP contribution >= 0.6 is 0 Å². The van der Waals surface area contributed by atoms with E-state index in [-0.39, 0.29) is 35.4 Å². The smallest absolute Gasteiger partial charge is 0.326 e. The largest absolute Gasteiger partial charge is 0.461 e. The average molecular weight is 594 g/mol. The molecule has 0 aromatic carbocycles. The molecule has 1 saturated heterocycles. The fourth-order valence-electron chi connectivity index (χ4n) is 9.05. The van der Waals surface area contributed by atoms with Gasteiger partial charge in [0.1, 0.15) is 17.7 Å². The monoisotopic (exact) mass is 593 g/mol. The van der Waals surface area contributed by atoms with E-state index in [1.54, 1.807) is 6.08 Å². The van der Waals surface area contributed by atoms with Crippen LogP contribution < -0.4 is 15.5 Å². The Morgan fingerprint density at radius 3 is 2.60 bits per heavy atom. The van der Waals surface area contributed by atoms with Crippen LogP contribution in [0.2, 0.25) is 0 Å². The van der Waals surface area contributed by atoms with Gasteiger partial charge in [-0.25, -0.2) is 4.98 Å². The van der Waals surface area contributed by atoms with Crippen LogP contribution in [0, 0.1) is 39.9 Å². The molecule has 3 aliphatic carbocycles. The number of amides is 1. The third-order valence-electron chi connectivity index (χ3n) is 12.0. The molecule has 11 heteroatoms. The Hall–Kier alpha value is -3.18. The minimum Gasteiger partial charge on any atom is -0.461 e. The van der Waals surface area contributed by atoms with Gasteiger partial charge in [-0.15, -0.1) is 6.58 Å². The molecule has 0 spiro atoms. The zero-order valence-electron chi connectivity index (χ0n) is 25.5. The molecular formula is C32H43N5O6. The fraction of sp³-hybridized carbons (Fsp3) is 0.688. The van der Waals surface area contributed by atoms with Gasteiger partial charge in [-0.2, -0.15) is 4.98 Å². The molecule has 3 heterocycles. The maximum atomic E-state index is 13.9. The number of aliphatic hydroxyl groups excluding tert-OH is 1. The number of Topliss-reactive ketones (excluding diaryl/α,β-unsaturated/α-hetero) is 2. The van der Waals surface area contributed by atoms with Gasteiger partial charge in [0.15, 0.2) is 11.7 Å². The van der Waals surface area contributed by atoms with Crippen molar-refractivity contribution in [2.45, 2.75) is 72.0 Å². The van der Waals surface area contributed by atoms with Gasteiger partial charge in [0.05, 0.1) is 11.7 Å². The van der Waals surface area contributed by atoms with E-state index in [2.05, 4.69) is 34.1 Å². The summed E-state index contributed by atoms with van der Waals surface area (Å²) < 4.78 is 6.25. The summed E-state index contributed by atoms with van der Waals surface area (Å²) in [6.07, 6.45) is 4.37. The number of esters is 1. The fourth-order valence-corrected chi connectivity index (χ4v) is 9.05. The lowest BCUT2D eigenvalue weighted by Gasteiger charge is -2.61. The Morgan fingerprint density at radius 1 is 1.19 bits per heavy atom. The molecule has 11 nitrogen and oxygen atoms in total. The number of carbonyl (C=O) groups excluding carboxylic acids is 4. The number of rotatable bonds is 4. The standard InChI is InChI=1S/C32H43N5O6/c1-6-30(4)15-21(31(5)17(2)7-9-32(18(3)25(30)40)10-8-20(38)24(31)32)43-28(42)22-23(39)19-16-34-29(36-26(19)35-27(22)41)37-13-11-33-12-14-37/h6,16-18,21-22,24-25,33,40H,1,7-15H2,2-5H3,(H,34,35,36,41)/t17?,18-,21+,22?,24?,25-,30+,31-,32-/m0/s1. The summed E-state index contributed by atoms with van der Waals surface area (Å²) in [5, 5.41) is 17.6. The van der Waals surface area contributed by atoms with Gasteiger partial charge in [0, 0.05) is 55.5 Å². The minimum absolute atomic E-state index is 0.0235. The number of nitrogens with one attached hydrogen (secondary N) is 2. The first-order valence-corrected chi connectivity index (χ1v) is 15.6. The summed E-state index contributed by atoms with van der Waals surface area (Å²) in [6.45, 7) is 15.0. The van der Waals surface area contributed by atoms with Crippen LogP contribution in [0.25, 0.3) is 0 Å². The summed E-state index contributed by atoms with van der Waals surface area (Å²) >= 11 is 0. The van der Waals surface area contributed by atoms with Crippen LogP contribution in [0.5, 0.6) is 0 Å². The van der Waals surface area contributed by atoms with Crippen molar-refractivity contribution < 1.29 is 29.0 Å². The third kappa shape index (κ3) is 4.36. The molecular weight excluding hydrogens is 550 g/mol. The van der Waals surface area contributed by atoms with Crippen molar-refractivity contribution in [2.75, 3.05) is 36.4 Å². The Labute approximate surface area is 252 Å². The molecule has 2 aliphatic heterocycles. The Balaban J connectivity index is 1.34. The average Bonchev–Trinajstić information content (AvgIpc) is 3.35. The first-order valence-electron chi connectivity index (χ1n) is 15.6. The second kappa shape index (κ2) is 10.5. The molecule has 1 aromatic rings. The lowest BCUT2D eigenvalue weighted by molar-refractivity contribution is -0.208. The number of aliphatic hydroxyl groups is 1. The number of hydrogen-bond donors (Lipinski definition) is 3. The maximum Gasteiger partial charge on any atom is 0.326 e. The maximum absolute atomic E-state index is 13.9. The number of aromatic nitrogens is 2. The Kier molecular flexibility index (Phi) is 7.27. The van der Waals surface area contributed by atoms with Crippen molar-refractivity contribution in [1.29, 1.82) is 0 Å². The van der Waals surface area contributed by atoms with Crippen molar-refractivity contribution in [2.24, 2.45) is 39.9 Å². The van der Waals surface area contributed by atoms with Gasteiger partial charge in [-0.3, -0.25) is 19.2 Å². The highest BCUT2D eigenvalue weighted by molar-refractivity contribution is 6.29. The van der Waals surface area contributed by atoms with Gasteiger partial charge >= 0.3 is 5.97 Å². The van der Waals surface area contributed by atoms with Crippen molar-refractivity contribution in [1.82, 2.24) is 15.3 Å². The van der Waals surface area contributed by atoms with Gasteiger partial charge in [0.2, 0.25) is 11.9 Å². The summed E-state index contributed by atoms with van der Waals surface area (Å²) in [7, 11) is 0. The molecule has 1 aromatic heterocycles. The highest BCUT2D eigenvalue weighted by Gasteiger charge is 2.68. The first-order chi connectivity index (χ1) is 20.4. The zero-order valence-corrected chi connectivity index (χ0v) is 25.5. The van der Waals surface area contributed by atoms with Crippen molar-refractivity contribution in [3.05, 3.63) is 24.4 Å². The molecule has 1 amide bonds. The van der Waals surface area contributed by atoms with E-state index in [0.29, 0.717) is 31.9 Å². The van der Waals surface area contributed by atoms with E-state index >= 15 is 0 Å². The van der Waals surface area contributed by atoms with Crippen LogP contribution in [0.3, 0.4) is 0 Å². The lowest BCUT2D eigenvalue weighted by Crippen LogP contribution is -2.63. The normalized spacial score (nSPS) is 41.0. The summed E-state index contributed by atoms with van der Waals surface area (Å²) in [5.41, 5.74) is -1.95. The third-order valence-corrected chi connectivity index (χ3v) is 12.0. The molecule has 2 bridgehead atoms. The van der Waals surface area contributed by atoms with E-state index < -0.39 is 57.9 Å². The predicted molar refractivity (Wildman–Crippen MR) is 158 cm³/mol. The van der Waals surface area contributed by atoms with Crippen LogP contribution in [0.1, 0.15) is 70.2 Å². The quantitative estimate of drug-likeness (QED) is 0.270. The highest BCUT2D eigenvalue weighted by Crippen LogP contribution is 2.68. The highest BCUT2D eigenvalue weighted by atomic mass is 16.5. The SMILES string of the molecule is C=C[C@]1(C)C[C@@H](OC(=O)C2C(=O)Nc3nc(N4CCNCC4)ncc3C2=O)[C@]2(C)C(C)CC[C@]3(CCC(=O)C32)[C@@H](C)[C@@H]1O. The summed E-state index contributed by atoms with van der Waals surface area (Å²) in [6, 6.07) is 0. The predicted octanol–water partition coefficient (Wildman–Crippen LogP) is 2.54. The Morgan fingerprint density at radius 2 is 1.91 bits per heavy atom. The molecule has 3 unspecified atom stereocenters. The van der Waals surface area contributed by atoms with Crippen LogP contribution in [-0.4, -0.2) is 76.9 Å². The first kappa shape index (κ1) is 29.9.